The number of carbonyl (C=O) groups excluding carboxylic acids is 1. The van der Waals surface area contributed by atoms with Gasteiger partial charge in [0.05, 0.1) is 16.8 Å². The Balaban J connectivity index is 1.91. The molecule has 1 heterocycles. The van der Waals surface area contributed by atoms with Crippen molar-refractivity contribution in [2.24, 2.45) is 0 Å². The molecule has 0 unspecified atom stereocenters. The summed E-state index contributed by atoms with van der Waals surface area (Å²) in [5.74, 6) is -0.0662. The summed E-state index contributed by atoms with van der Waals surface area (Å²) in [6.07, 6.45) is 4.33. The number of fused-ring (bicyclic) bond motifs is 1. The van der Waals surface area contributed by atoms with Gasteiger partial charge in [0.1, 0.15) is 0 Å². The van der Waals surface area contributed by atoms with E-state index < -0.39 is 6.55 Å². The molecular weight excluding hydrogens is 320 g/mol. The van der Waals surface area contributed by atoms with Crippen molar-refractivity contribution in [3.05, 3.63) is 24.3 Å². The fourth-order valence-corrected chi connectivity index (χ4v) is 3.12. The summed E-state index contributed by atoms with van der Waals surface area (Å²) in [6.45, 7) is 0.0802. The van der Waals surface area contributed by atoms with Crippen LogP contribution in [-0.2, 0) is 4.79 Å². The number of rotatable bonds is 9. The third-order valence-corrected chi connectivity index (χ3v) is 4.40. The van der Waals surface area contributed by atoms with Gasteiger partial charge in [0, 0.05) is 6.54 Å². The lowest BCUT2D eigenvalue weighted by Gasteiger charge is -2.07. The predicted molar refractivity (Wildman–Crippen MR) is 88.9 cm³/mol. The topological polar surface area (TPSA) is 46.9 Å². The fourth-order valence-electron chi connectivity index (χ4n) is 2.27. The van der Waals surface area contributed by atoms with Gasteiger partial charge in [-0.3, -0.25) is 9.36 Å². The van der Waals surface area contributed by atoms with Crippen LogP contribution < -0.4 is 5.32 Å². The summed E-state index contributed by atoms with van der Waals surface area (Å²) in [6, 6.07) is 6.74. The van der Waals surface area contributed by atoms with Gasteiger partial charge >= 0.3 is 6.55 Å². The maximum absolute atomic E-state index is 13.2. The van der Waals surface area contributed by atoms with Crippen LogP contribution in [0.4, 0.5) is 8.78 Å². The third kappa shape index (κ3) is 4.92. The van der Waals surface area contributed by atoms with Gasteiger partial charge in [-0.2, -0.15) is 8.78 Å². The van der Waals surface area contributed by atoms with Gasteiger partial charge in [-0.05, 0) is 18.6 Å². The Bertz CT molecular complexity index is 645. The number of hydrogen-bond donors (Lipinski definition) is 1. The molecule has 0 saturated heterocycles. The zero-order valence-electron chi connectivity index (χ0n) is 13.1. The van der Waals surface area contributed by atoms with Crippen molar-refractivity contribution in [1.82, 2.24) is 14.9 Å². The fraction of sp³-hybridized carbons (Fsp3) is 0.500. The highest BCUT2D eigenvalue weighted by atomic mass is 32.2. The molecule has 0 aliphatic heterocycles. The molecule has 0 aliphatic rings. The number of aromatic nitrogens is 2. The number of unbranched alkanes of at least 4 members (excludes halogenated alkanes) is 3. The monoisotopic (exact) mass is 341 g/mol. The third-order valence-electron chi connectivity index (χ3n) is 3.44. The highest BCUT2D eigenvalue weighted by molar-refractivity contribution is 7.99. The van der Waals surface area contributed by atoms with E-state index >= 15 is 0 Å². The molecule has 126 valence electrons. The molecule has 1 N–H and O–H groups in total. The van der Waals surface area contributed by atoms with Crippen LogP contribution in [0.1, 0.15) is 39.2 Å². The maximum atomic E-state index is 13.2. The number of thioether (sulfide) groups is 1. The van der Waals surface area contributed by atoms with Crippen LogP contribution >= 0.6 is 11.8 Å². The van der Waals surface area contributed by atoms with E-state index in [4.69, 9.17) is 0 Å². The SMILES string of the molecule is CCCCCCNC(=O)CSc1nc2ccccc2n1C(F)F. The van der Waals surface area contributed by atoms with Gasteiger partial charge in [-0.25, -0.2) is 4.98 Å². The largest absolute Gasteiger partial charge is 0.355 e. The van der Waals surface area contributed by atoms with Gasteiger partial charge in [-0.1, -0.05) is 50.1 Å². The molecule has 0 radical (unpaired) electrons. The van der Waals surface area contributed by atoms with Crippen LogP contribution in [-0.4, -0.2) is 27.8 Å². The van der Waals surface area contributed by atoms with Crippen LogP contribution in [0.5, 0.6) is 0 Å². The second-order valence-corrected chi connectivity index (χ2v) is 6.17. The lowest BCUT2D eigenvalue weighted by atomic mass is 10.2. The first-order valence-electron chi connectivity index (χ1n) is 7.78. The number of nitrogens with one attached hydrogen (secondary N) is 1. The first-order valence-corrected chi connectivity index (χ1v) is 8.76. The molecule has 0 saturated carbocycles. The van der Waals surface area contributed by atoms with Gasteiger partial charge in [0.2, 0.25) is 5.91 Å². The number of imidazole rings is 1. The van der Waals surface area contributed by atoms with Crippen molar-refractivity contribution in [2.45, 2.75) is 44.3 Å². The average molecular weight is 341 g/mol. The van der Waals surface area contributed by atoms with Gasteiger partial charge < -0.3 is 5.32 Å². The normalized spacial score (nSPS) is 11.3. The molecule has 7 heteroatoms. The highest BCUT2D eigenvalue weighted by Gasteiger charge is 2.18. The first-order chi connectivity index (χ1) is 11.1. The summed E-state index contributed by atoms with van der Waals surface area (Å²) in [7, 11) is 0. The number of hydrogen-bond acceptors (Lipinski definition) is 3. The standard InChI is InChI=1S/C16H21F2N3OS/c1-2-3-4-7-10-19-14(22)11-23-16-20-12-8-5-6-9-13(12)21(16)15(17)18/h5-6,8-9,15H,2-4,7,10-11H2,1H3,(H,19,22). The number of halogens is 2. The van der Waals surface area contributed by atoms with E-state index in [1.165, 1.54) is 0 Å². The number of amides is 1. The summed E-state index contributed by atoms with van der Waals surface area (Å²) < 4.78 is 27.4. The number of carbonyl (C=O) groups is 1. The summed E-state index contributed by atoms with van der Waals surface area (Å²) in [5.41, 5.74) is 0.889. The quantitative estimate of drug-likeness (QED) is 0.549. The van der Waals surface area contributed by atoms with E-state index in [9.17, 15) is 13.6 Å². The highest BCUT2D eigenvalue weighted by Crippen LogP contribution is 2.28. The minimum Gasteiger partial charge on any atom is -0.355 e. The van der Waals surface area contributed by atoms with Crippen LogP contribution in [0.3, 0.4) is 0 Å². The molecule has 0 bridgehead atoms. The second-order valence-electron chi connectivity index (χ2n) is 5.23. The van der Waals surface area contributed by atoms with Gasteiger partial charge in [0.15, 0.2) is 5.16 Å². The number of nitrogens with zero attached hydrogens (tertiary/aromatic N) is 2. The van der Waals surface area contributed by atoms with E-state index in [-0.39, 0.29) is 16.8 Å². The van der Waals surface area contributed by atoms with E-state index in [1.807, 2.05) is 0 Å². The average Bonchev–Trinajstić information content (AvgIpc) is 2.91. The van der Waals surface area contributed by atoms with Crippen LogP contribution in [0.25, 0.3) is 11.0 Å². The number of benzene rings is 1. The van der Waals surface area contributed by atoms with Crippen LogP contribution in [0.15, 0.2) is 29.4 Å². The molecule has 0 aliphatic carbocycles. The van der Waals surface area contributed by atoms with Crippen molar-refractivity contribution in [2.75, 3.05) is 12.3 Å². The molecule has 4 nitrogen and oxygen atoms in total. The van der Waals surface area contributed by atoms with Gasteiger partial charge in [-0.15, -0.1) is 0 Å². The minimum atomic E-state index is -2.68. The van der Waals surface area contributed by atoms with Crippen molar-refractivity contribution >= 4 is 28.7 Å². The Hall–Kier alpha value is -1.63. The van der Waals surface area contributed by atoms with E-state index in [2.05, 4.69) is 17.2 Å². The Morgan fingerprint density at radius 3 is 2.83 bits per heavy atom. The summed E-state index contributed by atoms with van der Waals surface area (Å²) in [4.78, 5) is 16.0. The molecule has 23 heavy (non-hydrogen) atoms. The van der Waals surface area contributed by atoms with E-state index in [0.29, 0.717) is 17.6 Å². The Morgan fingerprint density at radius 1 is 1.30 bits per heavy atom. The minimum absolute atomic E-state index is 0.0871. The summed E-state index contributed by atoms with van der Waals surface area (Å²) in [5, 5.41) is 2.98. The molecule has 1 aromatic carbocycles. The lowest BCUT2D eigenvalue weighted by molar-refractivity contribution is -0.118. The van der Waals surface area contributed by atoms with Crippen molar-refractivity contribution in [1.29, 1.82) is 0 Å². The van der Waals surface area contributed by atoms with Crippen molar-refractivity contribution in [3.63, 3.8) is 0 Å². The Labute approximate surface area is 138 Å². The zero-order valence-corrected chi connectivity index (χ0v) is 13.9. The molecule has 2 rings (SSSR count). The van der Waals surface area contributed by atoms with E-state index in [0.717, 1.165) is 42.0 Å². The van der Waals surface area contributed by atoms with E-state index in [1.54, 1.807) is 24.3 Å². The summed E-state index contributed by atoms with van der Waals surface area (Å²) >= 11 is 1.04. The smallest absolute Gasteiger partial charge is 0.321 e. The molecule has 0 fully saturated rings. The lowest BCUT2D eigenvalue weighted by Crippen LogP contribution is -2.26. The van der Waals surface area contributed by atoms with Crippen molar-refractivity contribution < 1.29 is 13.6 Å². The first kappa shape index (κ1) is 17.7. The zero-order chi connectivity index (χ0) is 16.7. The Morgan fingerprint density at radius 2 is 2.09 bits per heavy atom. The van der Waals surface area contributed by atoms with Crippen molar-refractivity contribution in [3.8, 4) is 0 Å². The second kappa shape index (κ2) is 8.86. The Kier molecular flexibility index (Phi) is 6.83. The number of para-hydroxylation sites is 2. The van der Waals surface area contributed by atoms with Crippen LogP contribution in [0, 0.1) is 0 Å². The predicted octanol–water partition coefficient (Wildman–Crippen LogP) is 4.22. The maximum Gasteiger partial charge on any atom is 0.321 e. The molecule has 2 aromatic rings. The molecule has 1 amide bonds. The molecule has 0 atom stereocenters. The molecule has 0 spiro atoms. The number of alkyl halides is 2. The molecule has 1 aromatic heterocycles. The van der Waals surface area contributed by atoms with Gasteiger partial charge in [0.25, 0.3) is 0 Å². The van der Waals surface area contributed by atoms with Crippen LogP contribution in [0.2, 0.25) is 0 Å². The molecular formula is C16H21F2N3OS.